The summed E-state index contributed by atoms with van der Waals surface area (Å²) >= 11 is 0. The second-order valence-electron chi connectivity index (χ2n) is 13.1. The molecule has 3 aromatic carbocycles. The van der Waals surface area contributed by atoms with Crippen molar-refractivity contribution in [2.75, 3.05) is 0 Å². The Balaban J connectivity index is 1.21. The standard InChI is InChI=1S/C42H40N2/c1-27-17-21-33(22-18-27)44-29(3)43-39-24-20-32(26-40(39)44)31-19-23-34(28(2)25-31)42-37-15-9-7-13-35(37)41(30-11-5-4-6-12-30)36-14-8-10-16-38(36)42/h4-7,9,11,13-17,19-28,30,34H,8,10,12,18H2,1-3H3. The normalized spacial score (nSPS) is 24.2. The average molecular weight is 573 g/mol. The number of hydrogen-bond donors (Lipinski definition) is 0. The third kappa shape index (κ3) is 4.51. The number of imidazole rings is 1. The summed E-state index contributed by atoms with van der Waals surface area (Å²) in [5, 5.41) is 5.77. The Morgan fingerprint density at radius 2 is 1.59 bits per heavy atom. The van der Waals surface area contributed by atoms with E-state index in [-0.39, 0.29) is 0 Å². The molecule has 4 aliphatic carbocycles. The lowest BCUT2D eigenvalue weighted by atomic mass is 9.75. The lowest BCUT2D eigenvalue weighted by Gasteiger charge is -2.28. The molecule has 8 rings (SSSR count). The quantitative estimate of drug-likeness (QED) is 0.238. The van der Waals surface area contributed by atoms with Gasteiger partial charge in [0.1, 0.15) is 5.82 Å². The van der Waals surface area contributed by atoms with Crippen molar-refractivity contribution in [1.29, 1.82) is 0 Å². The minimum Gasteiger partial charge on any atom is -0.297 e. The van der Waals surface area contributed by atoms with Crippen molar-refractivity contribution in [2.45, 2.75) is 58.3 Å². The second-order valence-corrected chi connectivity index (χ2v) is 13.1. The number of allylic oxidation sites excluding steroid dienone is 12. The number of hydrogen-bond acceptors (Lipinski definition) is 1. The summed E-state index contributed by atoms with van der Waals surface area (Å²) in [5.41, 5.74) is 9.03. The highest BCUT2D eigenvalue weighted by molar-refractivity contribution is 5.92. The first-order valence-electron chi connectivity index (χ1n) is 16.4. The van der Waals surface area contributed by atoms with E-state index in [0.29, 0.717) is 23.7 Å². The molecule has 0 spiro atoms. The Labute approximate surface area is 260 Å². The Kier molecular flexibility index (Phi) is 6.74. The highest BCUT2D eigenvalue weighted by Gasteiger charge is 2.26. The molecule has 0 saturated heterocycles. The lowest BCUT2D eigenvalue weighted by molar-refractivity contribution is 0.637. The van der Waals surface area contributed by atoms with Gasteiger partial charge in [0.05, 0.1) is 11.0 Å². The molecule has 218 valence electrons. The molecule has 0 bridgehead atoms. The fourth-order valence-corrected chi connectivity index (χ4v) is 7.94. The van der Waals surface area contributed by atoms with E-state index in [2.05, 4.69) is 141 Å². The Bertz CT molecular complexity index is 2120. The van der Waals surface area contributed by atoms with Gasteiger partial charge in [0, 0.05) is 17.5 Å². The molecule has 0 N–H and O–H groups in total. The Hall–Kier alpha value is -4.43. The zero-order valence-corrected chi connectivity index (χ0v) is 26.0. The third-order valence-electron chi connectivity index (χ3n) is 10.1. The summed E-state index contributed by atoms with van der Waals surface area (Å²) < 4.78 is 2.32. The third-order valence-corrected chi connectivity index (χ3v) is 10.1. The predicted molar refractivity (Wildman–Crippen MR) is 188 cm³/mol. The maximum Gasteiger partial charge on any atom is 0.111 e. The lowest BCUT2D eigenvalue weighted by Crippen LogP contribution is -2.37. The first-order chi connectivity index (χ1) is 21.6. The van der Waals surface area contributed by atoms with Crippen molar-refractivity contribution in [1.82, 2.24) is 9.55 Å². The summed E-state index contributed by atoms with van der Waals surface area (Å²) in [5.74, 6) is 2.75. The van der Waals surface area contributed by atoms with Crippen LogP contribution in [0.1, 0.15) is 73.9 Å². The summed E-state index contributed by atoms with van der Waals surface area (Å²) in [6, 6.07) is 15.9. The highest BCUT2D eigenvalue weighted by atomic mass is 15.1. The summed E-state index contributed by atoms with van der Waals surface area (Å²) in [6.45, 7) is 6.78. The van der Waals surface area contributed by atoms with Gasteiger partial charge in [0.15, 0.2) is 0 Å². The molecule has 44 heavy (non-hydrogen) atoms. The topological polar surface area (TPSA) is 17.8 Å². The van der Waals surface area contributed by atoms with Gasteiger partial charge in [0.2, 0.25) is 0 Å². The number of fused-ring (bicyclic) bond motifs is 3. The zero-order valence-electron chi connectivity index (χ0n) is 26.0. The summed E-state index contributed by atoms with van der Waals surface area (Å²) in [6.07, 6.45) is 32.8. The monoisotopic (exact) mass is 572 g/mol. The molecule has 4 aliphatic rings. The van der Waals surface area contributed by atoms with E-state index < -0.39 is 0 Å². The predicted octanol–water partition coefficient (Wildman–Crippen LogP) is 9.26. The molecule has 0 amide bonds. The first kappa shape index (κ1) is 27.1. The van der Waals surface area contributed by atoms with Crippen LogP contribution in [0.3, 0.4) is 0 Å². The van der Waals surface area contributed by atoms with Crippen molar-refractivity contribution in [3.8, 4) is 0 Å². The van der Waals surface area contributed by atoms with Crippen LogP contribution in [0, 0.1) is 18.8 Å². The van der Waals surface area contributed by atoms with E-state index in [1.165, 1.54) is 54.7 Å². The van der Waals surface area contributed by atoms with Gasteiger partial charge in [0.25, 0.3) is 0 Å². The van der Waals surface area contributed by atoms with Gasteiger partial charge in [-0.1, -0.05) is 111 Å². The first-order valence-corrected chi connectivity index (χ1v) is 16.4. The van der Waals surface area contributed by atoms with Gasteiger partial charge in [-0.15, -0.1) is 0 Å². The van der Waals surface area contributed by atoms with Crippen LogP contribution < -0.4 is 10.4 Å². The second kappa shape index (κ2) is 10.9. The number of rotatable bonds is 4. The number of aromatic nitrogens is 2. The van der Waals surface area contributed by atoms with Gasteiger partial charge < -0.3 is 0 Å². The zero-order chi connectivity index (χ0) is 29.8. The van der Waals surface area contributed by atoms with Gasteiger partial charge in [-0.3, -0.25) is 4.57 Å². The van der Waals surface area contributed by atoms with Crippen molar-refractivity contribution in [3.05, 3.63) is 136 Å². The van der Waals surface area contributed by atoms with Gasteiger partial charge in [-0.2, -0.15) is 0 Å². The van der Waals surface area contributed by atoms with E-state index in [9.17, 15) is 0 Å². The molecular weight excluding hydrogens is 532 g/mol. The van der Waals surface area contributed by atoms with Crippen LogP contribution in [0.2, 0.25) is 0 Å². The van der Waals surface area contributed by atoms with E-state index >= 15 is 0 Å². The summed E-state index contributed by atoms with van der Waals surface area (Å²) in [4.78, 5) is 4.91. The molecule has 0 saturated carbocycles. The fraction of sp³-hybridized carbons (Fsp3) is 0.262. The molecule has 1 aromatic heterocycles. The van der Waals surface area contributed by atoms with E-state index in [1.807, 2.05) is 0 Å². The van der Waals surface area contributed by atoms with Gasteiger partial charge in [-0.25, -0.2) is 4.98 Å². The van der Waals surface area contributed by atoms with E-state index in [1.54, 1.807) is 0 Å². The van der Waals surface area contributed by atoms with Gasteiger partial charge >= 0.3 is 0 Å². The van der Waals surface area contributed by atoms with Gasteiger partial charge in [-0.05, 0) is 106 Å². The molecular formula is C42H40N2. The molecule has 4 aromatic rings. The number of aryl methyl sites for hydroxylation is 1. The highest BCUT2D eigenvalue weighted by Crippen LogP contribution is 2.39. The minimum atomic E-state index is 0.326. The Morgan fingerprint density at radius 3 is 2.32 bits per heavy atom. The van der Waals surface area contributed by atoms with Crippen LogP contribution >= 0.6 is 0 Å². The largest absolute Gasteiger partial charge is 0.297 e. The van der Waals surface area contributed by atoms with E-state index in [4.69, 9.17) is 4.98 Å². The average Bonchev–Trinajstić information content (AvgIpc) is 3.39. The van der Waals surface area contributed by atoms with Crippen molar-refractivity contribution < 1.29 is 0 Å². The summed E-state index contributed by atoms with van der Waals surface area (Å²) in [7, 11) is 0. The fourth-order valence-electron chi connectivity index (χ4n) is 7.94. The van der Waals surface area contributed by atoms with Crippen LogP contribution in [-0.4, -0.2) is 9.55 Å². The van der Waals surface area contributed by atoms with Crippen molar-refractivity contribution in [2.24, 2.45) is 11.8 Å². The minimum absolute atomic E-state index is 0.326. The smallest absolute Gasteiger partial charge is 0.111 e. The molecule has 0 aliphatic heterocycles. The van der Waals surface area contributed by atoms with Crippen LogP contribution in [0.25, 0.3) is 45.2 Å². The number of benzene rings is 3. The Morgan fingerprint density at radius 1 is 0.795 bits per heavy atom. The van der Waals surface area contributed by atoms with Crippen LogP contribution in [0.4, 0.5) is 0 Å². The maximum atomic E-state index is 4.91. The van der Waals surface area contributed by atoms with Crippen LogP contribution in [-0.2, 0) is 0 Å². The molecule has 4 unspecified atom stereocenters. The molecule has 0 radical (unpaired) electrons. The van der Waals surface area contributed by atoms with Crippen LogP contribution in [0.5, 0.6) is 0 Å². The molecule has 1 heterocycles. The number of nitrogens with zero attached hydrogens (tertiary/aromatic N) is 2. The van der Waals surface area contributed by atoms with Crippen molar-refractivity contribution in [3.63, 3.8) is 0 Å². The molecule has 0 fully saturated rings. The molecule has 2 nitrogen and oxygen atoms in total. The molecule has 4 atom stereocenters. The molecule has 2 heteroatoms. The van der Waals surface area contributed by atoms with Crippen molar-refractivity contribution >= 4 is 45.2 Å². The maximum absolute atomic E-state index is 4.91. The SMILES string of the molecule is Cc1nc2ccc(C3=CC(C)C(c4c5c(c(C6C=CC=CC6)c6ccccc46)=CCCC=5)C=C3)cc2n1C1=CCC(C)C=C1. The van der Waals surface area contributed by atoms with Crippen LogP contribution in [0.15, 0.2) is 103 Å². The van der Waals surface area contributed by atoms with E-state index in [0.717, 1.165) is 37.0 Å².